The van der Waals surface area contributed by atoms with E-state index in [1.807, 2.05) is 0 Å². The van der Waals surface area contributed by atoms with Crippen LogP contribution < -0.4 is 10.6 Å². The van der Waals surface area contributed by atoms with Crippen molar-refractivity contribution in [1.82, 2.24) is 4.98 Å². The Bertz CT molecular complexity index is 337. The van der Waals surface area contributed by atoms with Gasteiger partial charge in [0.2, 0.25) is 5.91 Å². The zero-order chi connectivity index (χ0) is 12.1. The van der Waals surface area contributed by atoms with E-state index in [0.29, 0.717) is 12.3 Å². The summed E-state index contributed by atoms with van der Waals surface area (Å²) in [7, 11) is 1.73. The number of carbonyl (C=O) groups is 1. The van der Waals surface area contributed by atoms with Gasteiger partial charge in [-0.15, -0.1) is 0 Å². The number of hydrogen-bond acceptors (Lipinski definition) is 3. The highest BCUT2D eigenvalue weighted by molar-refractivity contribution is 5.96. The van der Waals surface area contributed by atoms with Crippen LogP contribution in [0.4, 0.5) is 5.69 Å². The van der Waals surface area contributed by atoms with Crippen LogP contribution in [0, 0.1) is 5.92 Å². The van der Waals surface area contributed by atoms with Crippen LogP contribution in [0.25, 0.3) is 0 Å². The van der Waals surface area contributed by atoms with Crippen molar-refractivity contribution in [3.63, 3.8) is 0 Å². The maximum atomic E-state index is 12.0. The average Bonchev–Trinajstić information content (AvgIpc) is 2.27. The molecule has 4 nitrogen and oxygen atoms in total. The highest BCUT2D eigenvalue weighted by atomic mass is 16.2. The molecule has 2 N–H and O–H groups in total. The predicted octanol–water partition coefficient (Wildman–Crippen LogP) is 1.42. The minimum Gasteiger partial charge on any atom is -0.320 e. The molecule has 1 amide bonds. The Hall–Kier alpha value is -1.42. The van der Waals surface area contributed by atoms with E-state index in [-0.39, 0.29) is 5.91 Å². The summed E-state index contributed by atoms with van der Waals surface area (Å²) in [6.07, 6.45) is 4.02. The lowest BCUT2D eigenvalue weighted by atomic mass is 10.0. The van der Waals surface area contributed by atoms with Gasteiger partial charge in [0.05, 0.1) is 6.04 Å². The van der Waals surface area contributed by atoms with Crippen LogP contribution in [-0.2, 0) is 4.79 Å². The highest BCUT2D eigenvalue weighted by Crippen LogP contribution is 2.13. The largest absolute Gasteiger partial charge is 0.320 e. The first-order valence-corrected chi connectivity index (χ1v) is 5.45. The van der Waals surface area contributed by atoms with Gasteiger partial charge in [0.1, 0.15) is 0 Å². The van der Waals surface area contributed by atoms with Crippen molar-refractivity contribution in [2.75, 3.05) is 11.9 Å². The predicted molar refractivity (Wildman–Crippen MR) is 65.1 cm³/mol. The van der Waals surface area contributed by atoms with Crippen LogP contribution in [0.2, 0.25) is 0 Å². The molecule has 0 aliphatic rings. The molecule has 0 saturated carbocycles. The van der Waals surface area contributed by atoms with Crippen molar-refractivity contribution in [2.45, 2.75) is 26.3 Å². The van der Waals surface area contributed by atoms with Crippen LogP contribution in [0.1, 0.15) is 20.3 Å². The zero-order valence-electron chi connectivity index (χ0n) is 10.1. The SMILES string of the molecule is CC(C)C[C@@H](N)C(=O)N(C)c1ccncc1. The summed E-state index contributed by atoms with van der Waals surface area (Å²) >= 11 is 0. The molecule has 88 valence electrons. The van der Waals surface area contributed by atoms with Gasteiger partial charge in [-0.2, -0.15) is 0 Å². The summed E-state index contributed by atoms with van der Waals surface area (Å²) in [4.78, 5) is 17.4. The van der Waals surface area contributed by atoms with Gasteiger partial charge in [-0.3, -0.25) is 9.78 Å². The molecular weight excluding hydrogens is 202 g/mol. The van der Waals surface area contributed by atoms with Gasteiger partial charge in [-0.1, -0.05) is 13.8 Å². The molecule has 0 unspecified atom stereocenters. The molecule has 1 rings (SSSR count). The Balaban J connectivity index is 2.67. The van der Waals surface area contributed by atoms with Crippen LogP contribution in [0.15, 0.2) is 24.5 Å². The fraction of sp³-hybridized carbons (Fsp3) is 0.500. The molecule has 1 atom stereocenters. The lowest BCUT2D eigenvalue weighted by Gasteiger charge is -2.22. The van der Waals surface area contributed by atoms with Gasteiger partial charge in [-0.25, -0.2) is 0 Å². The van der Waals surface area contributed by atoms with Crippen molar-refractivity contribution in [3.8, 4) is 0 Å². The summed E-state index contributed by atoms with van der Waals surface area (Å²) in [5, 5.41) is 0. The molecule has 0 aliphatic carbocycles. The second kappa shape index (κ2) is 5.61. The van der Waals surface area contributed by atoms with E-state index in [9.17, 15) is 4.79 Å². The number of likely N-dealkylation sites (N-methyl/N-ethyl adjacent to an activating group) is 1. The second-order valence-electron chi connectivity index (χ2n) is 4.34. The van der Waals surface area contributed by atoms with E-state index < -0.39 is 6.04 Å². The van der Waals surface area contributed by atoms with Crippen LogP contribution in [-0.4, -0.2) is 24.0 Å². The quantitative estimate of drug-likeness (QED) is 0.836. The molecule has 0 aliphatic heterocycles. The smallest absolute Gasteiger partial charge is 0.243 e. The van der Waals surface area contributed by atoms with Crippen LogP contribution in [0.5, 0.6) is 0 Å². The fourth-order valence-corrected chi connectivity index (χ4v) is 1.55. The fourth-order valence-electron chi connectivity index (χ4n) is 1.55. The maximum Gasteiger partial charge on any atom is 0.243 e. The van der Waals surface area contributed by atoms with Gasteiger partial charge in [0.25, 0.3) is 0 Å². The molecule has 4 heteroatoms. The number of carbonyl (C=O) groups excluding carboxylic acids is 1. The van der Waals surface area contributed by atoms with Gasteiger partial charge in [0, 0.05) is 25.1 Å². The average molecular weight is 221 g/mol. The molecule has 1 aromatic heterocycles. The lowest BCUT2D eigenvalue weighted by Crippen LogP contribution is -2.42. The topological polar surface area (TPSA) is 59.2 Å². The lowest BCUT2D eigenvalue weighted by molar-refractivity contribution is -0.119. The first-order chi connectivity index (χ1) is 7.52. The van der Waals surface area contributed by atoms with Crippen molar-refractivity contribution in [3.05, 3.63) is 24.5 Å². The van der Waals surface area contributed by atoms with E-state index in [1.54, 1.807) is 36.5 Å². The van der Waals surface area contributed by atoms with Gasteiger partial charge >= 0.3 is 0 Å². The van der Waals surface area contributed by atoms with Crippen molar-refractivity contribution < 1.29 is 4.79 Å². The van der Waals surface area contributed by atoms with Crippen LogP contribution >= 0.6 is 0 Å². The summed E-state index contributed by atoms with van der Waals surface area (Å²) in [5.41, 5.74) is 6.67. The monoisotopic (exact) mass is 221 g/mol. The normalized spacial score (nSPS) is 12.6. The third-order valence-corrected chi connectivity index (χ3v) is 2.42. The van der Waals surface area contributed by atoms with E-state index >= 15 is 0 Å². The molecule has 16 heavy (non-hydrogen) atoms. The Morgan fingerprint density at radius 2 is 2.00 bits per heavy atom. The number of amides is 1. The Morgan fingerprint density at radius 1 is 1.44 bits per heavy atom. The van der Waals surface area contributed by atoms with Gasteiger partial charge in [0.15, 0.2) is 0 Å². The number of rotatable bonds is 4. The number of nitrogens with zero attached hydrogens (tertiary/aromatic N) is 2. The Kier molecular flexibility index (Phi) is 4.43. The summed E-state index contributed by atoms with van der Waals surface area (Å²) in [5.74, 6) is 0.365. The minimum absolute atomic E-state index is 0.0556. The third kappa shape index (κ3) is 3.31. The van der Waals surface area contributed by atoms with E-state index in [4.69, 9.17) is 5.73 Å². The van der Waals surface area contributed by atoms with Crippen molar-refractivity contribution >= 4 is 11.6 Å². The molecule has 0 spiro atoms. The van der Waals surface area contributed by atoms with Gasteiger partial charge < -0.3 is 10.6 Å². The molecule has 0 bridgehead atoms. The molecular formula is C12H19N3O. The number of aromatic nitrogens is 1. The third-order valence-electron chi connectivity index (χ3n) is 2.42. The standard InChI is InChI=1S/C12H19N3O/c1-9(2)8-11(13)12(16)15(3)10-4-6-14-7-5-10/h4-7,9,11H,8,13H2,1-3H3/t11-/m1/s1. The van der Waals surface area contributed by atoms with Crippen molar-refractivity contribution in [2.24, 2.45) is 11.7 Å². The van der Waals surface area contributed by atoms with E-state index in [0.717, 1.165) is 5.69 Å². The first kappa shape index (κ1) is 12.6. The first-order valence-electron chi connectivity index (χ1n) is 5.45. The molecule has 0 fully saturated rings. The second-order valence-corrected chi connectivity index (χ2v) is 4.34. The molecule has 0 saturated heterocycles. The summed E-state index contributed by atoms with van der Waals surface area (Å²) in [6, 6.07) is 3.15. The van der Waals surface area contributed by atoms with Crippen molar-refractivity contribution in [1.29, 1.82) is 0 Å². The summed E-state index contributed by atoms with van der Waals surface area (Å²) < 4.78 is 0. The van der Waals surface area contributed by atoms with Crippen LogP contribution in [0.3, 0.4) is 0 Å². The number of pyridine rings is 1. The number of hydrogen-bond donors (Lipinski definition) is 1. The number of nitrogens with two attached hydrogens (primary N) is 1. The molecule has 0 aromatic carbocycles. The summed E-state index contributed by atoms with van der Waals surface area (Å²) in [6.45, 7) is 4.11. The van der Waals surface area contributed by atoms with Gasteiger partial charge in [-0.05, 0) is 24.5 Å². The van der Waals surface area contributed by atoms with E-state index in [1.165, 1.54) is 0 Å². The molecule has 1 heterocycles. The van der Waals surface area contributed by atoms with E-state index in [2.05, 4.69) is 18.8 Å². The zero-order valence-corrected chi connectivity index (χ0v) is 10.1. The Morgan fingerprint density at radius 3 is 2.50 bits per heavy atom. The Labute approximate surface area is 96.5 Å². The minimum atomic E-state index is -0.432. The molecule has 1 aromatic rings. The maximum absolute atomic E-state index is 12.0. The molecule has 0 radical (unpaired) electrons. The highest BCUT2D eigenvalue weighted by Gasteiger charge is 2.19. The number of anilines is 1.